The predicted molar refractivity (Wildman–Crippen MR) is 57.6 cm³/mol. The summed E-state index contributed by atoms with van der Waals surface area (Å²) >= 11 is 0. The molecule has 1 fully saturated rings. The molecule has 0 unspecified atom stereocenters. The summed E-state index contributed by atoms with van der Waals surface area (Å²) in [6.45, 7) is 5.69. The smallest absolute Gasteiger partial charge is 0.242 e. The molecule has 1 N–H and O–H groups in total. The zero-order chi connectivity index (χ0) is 10.7. The largest absolute Gasteiger partial charge is 0.350 e. The molecular weight excluding hydrogens is 192 g/mol. The minimum absolute atomic E-state index is 0.512. The fraction of sp³-hybridized carbons (Fsp3) is 0.889. The van der Waals surface area contributed by atoms with E-state index in [1.54, 1.807) is 4.68 Å². The fourth-order valence-electron chi connectivity index (χ4n) is 1.93. The normalized spacial score (nSPS) is 19.3. The molecule has 0 saturated carbocycles. The van der Waals surface area contributed by atoms with Gasteiger partial charge in [-0.2, -0.15) is 0 Å². The van der Waals surface area contributed by atoms with Crippen LogP contribution in [0.1, 0.15) is 19.8 Å². The molecule has 2 rings (SSSR count). The lowest BCUT2D eigenvalue weighted by Crippen LogP contribution is -2.39. The van der Waals surface area contributed by atoms with Gasteiger partial charge in [-0.3, -0.25) is 0 Å². The molecule has 0 aliphatic carbocycles. The number of nitrogens with zero attached hydrogens (tertiary/aromatic N) is 5. The van der Waals surface area contributed by atoms with E-state index in [4.69, 9.17) is 0 Å². The molecule has 1 aliphatic heterocycles. The molecule has 6 nitrogen and oxygen atoms in total. The van der Waals surface area contributed by atoms with Crippen LogP contribution in [0.2, 0.25) is 0 Å². The summed E-state index contributed by atoms with van der Waals surface area (Å²) in [5.74, 6) is 0.768. The van der Waals surface area contributed by atoms with Gasteiger partial charge in [0.2, 0.25) is 5.95 Å². The van der Waals surface area contributed by atoms with Crippen LogP contribution in [0.4, 0.5) is 5.95 Å². The fourth-order valence-corrected chi connectivity index (χ4v) is 1.93. The summed E-state index contributed by atoms with van der Waals surface area (Å²) in [7, 11) is 1.85. The van der Waals surface area contributed by atoms with Gasteiger partial charge in [0.05, 0.1) is 0 Å². The molecule has 0 bridgehead atoms. The minimum atomic E-state index is 0.512. The van der Waals surface area contributed by atoms with E-state index in [0.717, 1.165) is 12.5 Å². The van der Waals surface area contributed by atoms with E-state index in [1.165, 1.54) is 25.9 Å². The highest BCUT2D eigenvalue weighted by Crippen LogP contribution is 2.13. The van der Waals surface area contributed by atoms with Crippen LogP contribution in [0.25, 0.3) is 0 Å². The van der Waals surface area contributed by atoms with Gasteiger partial charge in [0.1, 0.15) is 0 Å². The Hall–Kier alpha value is -1.17. The SMILES string of the molecule is CCN1CCC(Nc2nnnn2C)CC1. The number of piperidine rings is 1. The van der Waals surface area contributed by atoms with Crippen molar-refractivity contribution in [2.45, 2.75) is 25.8 Å². The third kappa shape index (κ3) is 2.44. The molecule has 1 saturated heterocycles. The van der Waals surface area contributed by atoms with Gasteiger partial charge in [0.25, 0.3) is 0 Å². The predicted octanol–water partition coefficient (Wildman–Crippen LogP) is 0.106. The van der Waals surface area contributed by atoms with Crippen molar-refractivity contribution in [2.24, 2.45) is 7.05 Å². The highest BCUT2D eigenvalue weighted by molar-refractivity contribution is 5.23. The Morgan fingerprint density at radius 3 is 2.67 bits per heavy atom. The number of rotatable bonds is 3. The van der Waals surface area contributed by atoms with E-state index in [0.29, 0.717) is 6.04 Å². The van der Waals surface area contributed by atoms with Gasteiger partial charge in [0.15, 0.2) is 0 Å². The zero-order valence-corrected chi connectivity index (χ0v) is 9.35. The van der Waals surface area contributed by atoms with E-state index >= 15 is 0 Å². The van der Waals surface area contributed by atoms with Crippen LogP contribution in [-0.2, 0) is 7.05 Å². The summed E-state index contributed by atoms with van der Waals surface area (Å²) in [5.41, 5.74) is 0. The van der Waals surface area contributed by atoms with Crippen molar-refractivity contribution >= 4 is 5.95 Å². The minimum Gasteiger partial charge on any atom is -0.350 e. The van der Waals surface area contributed by atoms with Gasteiger partial charge in [-0.1, -0.05) is 12.0 Å². The second-order valence-corrected chi connectivity index (χ2v) is 3.98. The van der Waals surface area contributed by atoms with Crippen LogP contribution >= 0.6 is 0 Å². The van der Waals surface area contributed by atoms with Crippen molar-refractivity contribution in [3.8, 4) is 0 Å². The number of anilines is 1. The maximum absolute atomic E-state index is 3.93. The number of aromatic nitrogens is 4. The first-order chi connectivity index (χ1) is 7.29. The van der Waals surface area contributed by atoms with Crippen molar-refractivity contribution in [1.29, 1.82) is 0 Å². The molecule has 1 aromatic heterocycles. The van der Waals surface area contributed by atoms with Gasteiger partial charge < -0.3 is 10.2 Å². The summed E-state index contributed by atoms with van der Waals surface area (Å²) in [6, 6.07) is 0.512. The highest BCUT2D eigenvalue weighted by Gasteiger charge is 2.19. The van der Waals surface area contributed by atoms with Crippen molar-refractivity contribution in [2.75, 3.05) is 25.0 Å². The Kier molecular flexibility index (Phi) is 3.15. The Labute approximate surface area is 89.6 Å². The monoisotopic (exact) mass is 210 g/mol. The first kappa shape index (κ1) is 10.4. The number of nitrogens with one attached hydrogen (secondary N) is 1. The third-order valence-corrected chi connectivity index (χ3v) is 2.99. The van der Waals surface area contributed by atoms with Crippen LogP contribution in [0, 0.1) is 0 Å². The lowest BCUT2D eigenvalue weighted by Gasteiger charge is -2.31. The second kappa shape index (κ2) is 4.57. The van der Waals surface area contributed by atoms with E-state index in [2.05, 4.69) is 32.7 Å². The molecule has 0 amide bonds. The van der Waals surface area contributed by atoms with Crippen LogP contribution in [0.3, 0.4) is 0 Å². The average Bonchev–Trinajstić information content (AvgIpc) is 2.66. The van der Waals surface area contributed by atoms with Crippen LogP contribution in [-0.4, -0.2) is 50.8 Å². The zero-order valence-electron chi connectivity index (χ0n) is 9.35. The quantitative estimate of drug-likeness (QED) is 0.767. The maximum Gasteiger partial charge on any atom is 0.242 e. The van der Waals surface area contributed by atoms with Gasteiger partial charge in [0, 0.05) is 26.2 Å². The van der Waals surface area contributed by atoms with Gasteiger partial charge >= 0.3 is 0 Å². The molecule has 84 valence electrons. The summed E-state index contributed by atoms with van der Waals surface area (Å²) in [6.07, 6.45) is 2.33. The van der Waals surface area contributed by atoms with Crippen LogP contribution in [0.15, 0.2) is 0 Å². The van der Waals surface area contributed by atoms with Crippen LogP contribution < -0.4 is 5.32 Å². The molecule has 6 heteroatoms. The topological polar surface area (TPSA) is 58.9 Å². The number of hydrogen-bond acceptors (Lipinski definition) is 5. The Morgan fingerprint density at radius 1 is 1.40 bits per heavy atom. The molecule has 0 radical (unpaired) electrons. The number of tetrazole rings is 1. The first-order valence-electron chi connectivity index (χ1n) is 5.51. The van der Waals surface area contributed by atoms with E-state index in [1.807, 2.05) is 7.05 Å². The molecular formula is C9H18N6. The molecule has 2 heterocycles. The Balaban J connectivity index is 1.85. The molecule has 1 aliphatic rings. The molecule has 0 spiro atoms. The van der Waals surface area contributed by atoms with Crippen molar-refractivity contribution in [1.82, 2.24) is 25.1 Å². The molecule has 0 atom stereocenters. The van der Waals surface area contributed by atoms with Crippen molar-refractivity contribution in [3.63, 3.8) is 0 Å². The maximum atomic E-state index is 3.93. The van der Waals surface area contributed by atoms with E-state index in [9.17, 15) is 0 Å². The van der Waals surface area contributed by atoms with Gasteiger partial charge in [-0.25, -0.2) is 4.68 Å². The highest BCUT2D eigenvalue weighted by atomic mass is 15.6. The summed E-state index contributed by atoms with van der Waals surface area (Å²) in [5, 5.41) is 14.7. The van der Waals surface area contributed by atoms with Crippen molar-refractivity contribution in [3.05, 3.63) is 0 Å². The van der Waals surface area contributed by atoms with E-state index < -0.39 is 0 Å². The third-order valence-electron chi connectivity index (χ3n) is 2.99. The summed E-state index contributed by atoms with van der Waals surface area (Å²) in [4.78, 5) is 2.47. The number of likely N-dealkylation sites (tertiary alicyclic amines) is 1. The number of hydrogen-bond donors (Lipinski definition) is 1. The average molecular weight is 210 g/mol. The standard InChI is InChI=1S/C9H18N6/c1-3-15-6-4-8(5-7-15)10-9-11-12-13-14(9)2/h8H,3-7H2,1-2H3,(H,10,11,13). The molecule has 15 heavy (non-hydrogen) atoms. The van der Waals surface area contributed by atoms with Crippen molar-refractivity contribution < 1.29 is 0 Å². The van der Waals surface area contributed by atoms with Gasteiger partial charge in [-0.15, -0.1) is 0 Å². The Morgan fingerprint density at radius 2 is 2.13 bits per heavy atom. The number of aryl methyl sites for hydroxylation is 1. The molecule has 0 aromatic carbocycles. The second-order valence-electron chi connectivity index (χ2n) is 3.98. The Bertz CT molecular complexity index is 301. The first-order valence-corrected chi connectivity index (χ1v) is 5.51. The molecule has 1 aromatic rings. The van der Waals surface area contributed by atoms with E-state index in [-0.39, 0.29) is 0 Å². The van der Waals surface area contributed by atoms with Gasteiger partial charge in [-0.05, 0) is 29.8 Å². The summed E-state index contributed by atoms with van der Waals surface area (Å²) < 4.78 is 1.67. The lowest BCUT2D eigenvalue weighted by atomic mass is 10.1. The van der Waals surface area contributed by atoms with Crippen LogP contribution in [0.5, 0.6) is 0 Å². The lowest BCUT2D eigenvalue weighted by molar-refractivity contribution is 0.229.